The van der Waals surface area contributed by atoms with Crippen molar-refractivity contribution in [2.45, 2.75) is 33.4 Å². The van der Waals surface area contributed by atoms with Gasteiger partial charge in [-0.05, 0) is 44.5 Å². The summed E-state index contributed by atoms with van der Waals surface area (Å²) in [5.41, 5.74) is 3.12. The Balaban J connectivity index is 2.04. The summed E-state index contributed by atoms with van der Waals surface area (Å²) < 4.78 is 5.67. The van der Waals surface area contributed by atoms with Crippen molar-refractivity contribution in [3.8, 4) is 11.8 Å². The number of aryl methyl sites for hydroxylation is 1. The van der Waals surface area contributed by atoms with Crippen LogP contribution in [0.3, 0.4) is 0 Å². The highest BCUT2D eigenvalue weighted by atomic mass is 16.5. The van der Waals surface area contributed by atoms with Gasteiger partial charge >= 0.3 is 6.03 Å². The van der Waals surface area contributed by atoms with Crippen molar-refractivity contribution < 1.29 is 9.53 Å². The average Bonchev–Trinajstić information content (AvgIpc) is 2.55. The third-order valence-electron chi connectivity index (χ3n) is 3.29. The summed E-state index contributed by atoms with van der Waals surface area (Å²) in [4.78, 5) is 12.1. The molecule has 0 aliphatic carbocycles. The van der Waals surface area contributed by atoms with Crippen LogP contribution in [0.5, 0.6) is 5.75 Å². The molecule has 124 valence electrons. The highest BCUT2D eigenvalue weighted by Crippen LogP contribution is 2.26. The fourth-order valence-electron chi connectivity index (χ4n) is 2.11. The Morgan fingerprint density at radius 3 is 2.54 bits per heavy atom. The first-order valence-electron chi connectivity index (χ1n) is 7.79. The fourth-order valence-corrected chi connectivity index (χ4v) is 2.11. The SMILES string of the molecule is Cc1ccc(CNC(=O)Nc2cc(C#N)ccc2OC(C)C)cc1. The van der Waals surface area contributed by atoms with Gasteiger partial charge in [-0.3, -0.25) is 0 Å². The van der Waals surface area contributed by atoms with E-state index in [0.29, 0.717) is 23.5 Å². The molecule has 2 N–H and O–H groups in total. The highest BCUT2D eigenvalue weighted by molar-refractivity contribution is 5.91. The van der Waals surface area contributed by atoms with E-state index in [2.05, 4.69) is 16.7 Å². The molecule has 2 rings (SSSR count). The van der Waals surface area contributed by atoms with Crippen LogP contribution in [0.1, 0.15) is 30.5 Å². The number of hydrogen-bond acceptors (Lipinski definition) is 3. The Hall–Kier alpha value is -3.00. The summed E-state index contributed by atoms with van der Waals surface area (Å²) in [5.74, 6) is 0.537. The van der Waals surface area contributed by atoms with E-state index in [0.717, 1.165) is 5.56 Å². The maximum Gasteiger partial charge on any atom is 0.319 e. The number of benzene rings is 2. The molecule has 2 aromatic rings. The van der Waals surface area contributed by atoms with Gasteiger partial charge in [0.15, 0.2) is 0 Å². The zero-order valence-electron chi connectivity index (χ0n) is 14.1. The van der Waals surface area contributed by atoms with Crippen molar-refractivity contribution in [3.63, 3.8) is 0 Å². The number of rotatable bonds is 5. The molecule has 0 fully saturated rings. The topological polar surface area (TPSA) is 74.2 Å². The average molecular weight is 323 g/mol. The number of ether oxygens (including phenoxy) is 1. The number of nitrogens with one attached hydrogen (secondary N) is 2. The quantitative estimate of drug-likeness (QED) is 0.874. The fraction of sp³-hybridized carbons (Fsp3) is 0.263. The van der Waals surface area contributed by atoms with Crippen molar-refractivity contribution in [3.05, 3.63) is 59.2 Å². The number of nitrogens with zero attached hydrogens (tertiary/aromatic N) is 1. The van der Waals surface area contributed by atoms with Crippen LogP contribution in [0.15, 0.2) is 42.5 Å². The minimum absolute atomic E-state index is 0.0332. The van der Waals surface area contributed by atoms with Gasteiger partial charge in [-0.2, -0.15) is 5.26 Å². The van der Waals surface area contributed by atoms with Crippen LogP contribution >= 0.6 is 0 Å². The van der Waals surface area contributed by atoms with E-state index in [1.807, 2.05) is 45.0 Å². The first-order chi connectivity index (χ1) is 11.5. The van der Waals surface area contributed by atoms with Crippen LogP contribution in [-0.2, 0) is 6.54 Å². The Morgan fingerprint density at radius 2 is 1.92 bits per heavy atom. The number of urea groups is 1. The summed E-state index contributed by atoms with van der Waals surface area (Å²) in [5, 5.41) is 14.6. The van der Waals surface area contributed by atoms with Crippen LogP contribution in [0, 0.1) is 18.3 Å². The molecule has 24 heavy (non-hydrogen) atoms. The van der Waals surface area contributed by atoms with Gasteiger partial charge in [-0.1, -0.05) is 29.8 Å². The number of nitriles is 1. The van der Waals surface area contributed by atoms with Crippen molar-refractivity contribution in [2.24, 2.45) is 0 Å². The molecule has 2 aromatic carbocycles. The van der Waals surface area contributed by atoms with Gasteiger partial charge in [0.2, 0.25) is 0 Å². The van der Waals surface area contributed by atoms with Crippen LogP contribution in [0.2, 0.25) is 0 Å². The van der Waals surface area contributed by atoms with E-state index in [1.165, 1.54) is 5.56 Å². The molecule has 0 saturated heterocycles. The molecule has 2 amide bonds. The van der Waals surface area contributed by atoms with Crippen LogP contribution in [0.4, 0.5) is 10.5 Å². The Kier molecular flexibility index (Phi) is 5.80. The summed E-state index contributed by atoms with van der Waals surface area (Å²) in [6.45, 7) is 6.24. The van der Waals surface area contributed by atoms with Gasteiger partial charge in [0, 0.05) is 6.54 Å². The van der Waals surface area contributed by atoms with Gasteiger partial charge in [0.1, 0.15) is 5.75 Å². The lowest BCUT2D eigenvalue weighted by Crippen LogP contribution is -2.28. The largest absolute Gasteiger partial charge is 0.489 e. The molecule has 5 nitrogen and oxygen atoms in total. The number of carbonyl (C=O) groups excluding carboxylic acids is 1. The smallest absolute Gasteiger partial charge is 0.319 e. The lowest BCUT2D eigenvalue weighted by molar-refractivity contribution is 0.241. The molecule has 0 saturated carbocycles. The maximum absolute atomic E-state index is 12.1. The van der Waals surface area contributed by atoms with Gasteiger partial charge in [0.05, 0.1) is 23.4 Å². The summed E-state index contributed by atoms with van der Waals surface area (Å²) in [6.07, 6.45) is -0.0332. The number of anilines is 1. The number of hydrogen-bond donors (Lipinski definition) is 2. The predicted molar refractivity (Wildman–Crippen MR) is 94.0 cm³/mol. The summed E-state index contributed by atoms with van der Waals surface area (Å²) in [7, 11) is 0. The zero-order chi connectivity index (χ0) is 17.5. The second-order valence-electron chi connectivity index (χ2n) is 5.78. The van der Waals surface area contributed by atoms with Crippen molar-refractivity contribution in [2.75, 3.05) is 5.32 Å². The highest BCUT2D eigenvalue weighted by Gasteiger charge is 2.10. The molecule has 0 aliphatic rings. The normalized spacial score (nSPS) is 10.1. The lowest BCUT2D eigenvalue weighted by Gasteiger charge is -2.15. The van der Waals surface area contributed by atoms with E-state index in [4.69, 9.17) is 10.00 Å². The predicted octanol–water partition coefficient (Wildman–Crippen LogP) is 3.98. The molecule has 0 aliphatic heterocycles. The van der Waals surface area contributed by atoms with E-state index in [-0.39, 0.29) is 12.1 Å². The molecule has 5 heteroatoms. The first-order valence-corrected chi connectivity index (χ1v) is 7.79. The third kappa shape index (κ3) is 5.03. The molecular weight excluding hydrogens is 302 g/mol. The van der Waals surface area contributed by atoms with Crippen molar-refractivity contribution in [1.29, 1.82) is 5.26 Å². The van der Waals surface area contributed by atoms with E-state index < -0.39 is 0 Å². The number of amides is 2. The monoisotopic (exact) mass is 323 g/mol. The Bertz CT molecular complexity index is 746. The van der Waals surface area contributed by atoms with E-state index in [1.54, 1.807) is 18.2 Å². The second-order valence-corrected chi connectivity index (χ2v) is 5.78. The third-order valence-corrected chi connectivity index (χ3v) is 3.29. The number of carbonyl (C=O) groups is 1. The van der Waals surface area contributed by atoms with Crippen LogP contribution < -0.4 is 15.4 Å². The molecule has 0 bridgehead atoms. The van der Waals surface area contributed by atoms with E-state index >= 15 is 0 Å². The first kappa shape index (κ1) is 17.4. The van der Waals surface area contributed by atoms with Crippen LogP contribution in [0.25, 0.3) is 0 Å². The van der Waals surface area contributed by atoms with Crippen molar-refractivity contribution in [1.82, 2.24) is 5.32 Å². The van der Waals surface area contributed by atoms with Gasteiger partial charge < -0.3 is 15.4 Å². The lowest BCUT2D eigenvalue weighted by atomic mass is 10.1. The van der Waals surface area contributed by atoms with Gasteiger partial charge in [0.25, 0.3) is 0 Å². The Morgan fingerprint density at radius 1 is 1.21 bits per heavy atom. The standard InChI is InChI=1S/C19H21N3O2/c1-13(2)24-18-9-8-16(11-20)10-17(18)22-19(23)21-12-15-6-4-14(3)5-7-15/h4-10,13H,12H2,1-3H3,(H2,21,22,23). The minimum Gasteiger partial charge on any atom is -0.489 e. The van der Waals surface area contributed by atoms with Gasteiger partial charge in [-0.15, -0.1) is 0 Å². The maximum atomic E-state index is 12.1. The van der Waals surface area contributed by atoms with Gasteiger partial charge in [-0.25, -0.2) is 4.79 Å². The molecule has 0 atom stereocenters. The molecule has 0 heterocycles. The molecular formula is C19H21N3O2. The van der Waals surface area contributed by atoms with Crippen molar-refractivity contribution >= 4 is 11.7 Å². The van der Waals surface area contributed by atoms with E-state index in [9.17, 15) is 4.79 Å². The summed E-state index contributed by atoms with van der Waals surface area (Å²) >= 11 is 0. The molecule has 0 unspecified atom stereocenters. The molecule has 0 radical (unpaired) electrons. The zero-order valence-corrected chi connectivity index (χ0v) is 14.1. The molecule has 0 aromatic heterocycles. The Labute approximate surface area is 142 Å². The summed E-state index contributed by atoms with van der Waals surface area (Å²) in [6, 6.07) is 14.6. The van der Waals surface area contributed by atoms with Crippen LogP contribution in [-0.4, -0.2) is 12.1 Å². The minimum atomic E-state index is -0.348. The second kappa shape index (κ2) is 8.02. The molecule has 0 spiro atoms.